The van der Waals surface area contributed by atoms with Crippen LogP contribution in [0.4, 0.5) is 5.82 Å². The first kappa shape index (κ1) is 16.5. The number of nitrogens with one attached hydrogen (secondary N) is 1. The smallest absolute Gasteiger partial charge is 0.267 e. The molecule has 2 aliphatic rings. The molecule has 27 heavy (non-hydrogen) atoms. The van der Waals surface area contributed by atoms with Crippen LogP contribution in [0, 0.1) is 0 Å². The molecule has 140 valence electrons. The standard InChI is InChI=1S/C20H24N6O/c27-19-13-14-3-1-2-4-17(14)24-26(19)16-7-5-15(6-8-16)23-20-18-9-10-22-25(18)12-11-21-20/h9-13,15-16H,1-8H2,(H,21,23). The first-order valence-electron chi connectivity index (χ1n) is 9.94. The maximum atomic E-state index is 12.5. The van der Waals surface area contributed by atoms with E-state index < -0.39 is 0 Å². The Kier molecular flexibility index (Phi) is 4.14. The van der Waals surface area contributed by atoms with Crippen LogP contribution >= 0.6 is 0 Å². The van der Waals surface area contributed by atoms with Crippen molar-refractivity contribution in [1.82, 2.24) is 24.4 Å². The van der Waals surface area contributed by atoms with Crippen molar-refractivity contribution >= 4 is 11.3 Å². The molecule has 0 aliphatic heterocycles. The Balaban J connectivity index is 1.29. The molecule has 5 rings (SSSR count). The van der Waals surface area contributed by atoms with Crippen LogP contribution < -0.4 is 10.9 Å². The van der Waals surface area contributed by atoms with Gasteiger partial charge in [-0.1, -0.05) is 0 Å². The quantitative estimate of drug-likeness (QED) is 0.773. The van der Waals surface area contributed by atoms with Gasteiger partial charge >= 0.3 is 0 Å². The van der Waals surface area contributed by atoms with Crippen molar-refractivity contribution in [2.75, 3.05) is 5.32 Å². The molecule has 0 radical (unpaired) electrons. The molecule has 0 bridgehead atoms. The van der Waals surface area contributed by atoms with Gasteiger partial charge in [-0.25, -0.2) is 14.2 Å². The Bertz CT molecular complexity index is 1010. The Morgan fingerprint density at radius 1 is 1.07 bits per heavy atom. The van der Waals surface area contributed by atoms with Crippen molar-refractivity contribution in [2.45, 2.75) is 63.5 Å². The molecule has 0 saturated heterocycles. The molecule has 1 N–H and O–H groups in total. The van der Waals surface area contributed by atoms with E-state index in [1.807, 2.05) is 22.8 Å². The molecule has 1 saturated carbocycles. The summed E-state index contributed by atoms with van der Waals surface area (Å²) in [6.07, 6.45) is 13.7. The number of hydrogen-bond acceptors (Lipinski definition) is 5. The van der Waals surface area contributed by atoms with E-state index in [0.717, 1.165) is 61.1 Å². The topological polar surface area (TPSA) is 77.1 Å². The summed E-state index contributed by atoms with van der Waals surface area (Å²) in [5.41, 5.74) is 3.36. The molecule has 3 aromatic heterocycles. The maximum absolute atomic E-state index is 12.5. The summed E-state index contributed by atoms with van der Waals surface area (Å²) < 4.78 is 3.59. The Morgan fingerprint density at radius 3 is 2.81 bits per heavy atom. The van der Waals surface area contributed by atoms with Crippen LogP contribution in [0.15, 0.2) is 35.5 Å². The third-order valence-electron chi connectivity index (χ3n) is 5.94. The second-order valence-electron chi connectivity index (χ2n) is 7.69. The van der Waals surface area contributed by atoms with Gasteiger partial charge in [0.05, 0.1) is 17.9 Å². The van der Waals surface area contributed by atoms with Gasteiger partial charge in [-0.05, 0) is 63.0 Å². The minimum Gasteiger partial charge on any atom is -0.366 e. The van der Waals surface area contributed by atoms with E-state index in [4.69, 9.17) is 5.10 Å². The summed E-state index contributed by atoms with van der Waals surface area (Å²) in [6.45, 7) is 0. The zero-order valence-electron chi connectivity index (χ0n) is 15.3. The first-order chi connectivity index (χ1) is 13.3. The van der Waals surface area contributed by atoms with Crippen LogP contribution in [-0.4, -0.2) is 30.4 Å². The maximum Gasteiger partial charge on any atom is 0.267 e. The van der Waals surface area contributed by atoms with E-state index in [9.17, 15) is 4.79 Å². The molecule has 3 aromatic rings. The summed E-state index contributed by atoms with van der Waals surface area (Å²) in [4.78, 5) is 17.0. The van der Waals surface area contributed by atoms with Crippen molar-refractivity contribution in [1.29, 1.82) is 0 Å². The fourth-order valence-corrected chi connectivity index (χ4v) is 4.47. The SMILES string of the molecule is O=c1cc2c(nn1C1CCC(Nc3nccn4nccc34)CC1)CCCC2. The minimum absolute atomic E-state index is 0.0674. The molecular formula is C20H24N6O. The van der Waals surface area contributed by atoms with Gasteiger partial charge in [0, 0.05) is 24.5 Å². The number of hydrogen-bond donors (Lipinski definition) is 1. The third-order valence-corrected chi connectivity index (χ3v) is 5.94. The molecule has 7 heteroatoms. The number of nitrogens with zero attached hydrogens (tertiary/aromatic N) is 5. The number of anilines is 1. The monoisotopic (exact) mass is 364 g/mol. The van der Waals surface area contributed by atoms with Gasteiger partial charge in [-0.3, -0.25) is 4.79 Å². The first-order valence-corrected chi connectivity index (χ1v) is 9.94. The van der Waals surface area contributed by atoms with Gasteiger partial charge in [-0.2, -0.15) is 10.2 Å². The van der Waals surface area contributed by atoms with Gasteiger partial charge in [0.2, 0.25) is 0 Å². The summed E-state index contributed by atoms with van der Waals surface area (Å²) in [6, 6.07) is 4.37. The average molecular weight is 364 g/mol. The van der Waals surface area contributed by atoms with Crippen molar-refractivity contribution in [3.8, 4) is 0 Å². The zero-order chi connectivity index (χ0) is 18.2. The fraction of sp³-hybridized carbons (Fsp3) is 0.500. The van der Waals surface area contributed by atoms with Crippen LogP contribution in [-0.2, 0) is 12.8 Å². The highest BCUT2D eigenvalue weighted by Gasteiger charge is 2.25. The van der Waals surface area contributed by atoms with Gasteiger partial charge < -0.3 is 5.32 Å². The lowest BCUT2D eigenvalue weighted by Crippen LogP contribution is -2.34. The Morgan fingerprint density at radius 2 is 1.93 bits per heavy atom. The largest absolute Gasteiger partial charge is 0.366 e. The lowest BCUT2D eigenvalue weighted by atomic mass is 9.91. The van der Waals surface area contributed by atoms with Gasteiger partial charge in [0.1, 0.15) is 5.52 Å². The second kappa shape index (κ2) is 6.79. The highest BCUT2D eigenvalue weighted by atomic mass is 16.1. The minimum atomic E-state index is 0.0674. The number of fused-ring (bicyclic) bond motifs is 2. The lowest BCUT2D eigenvalue weighted by Gasteiger charge is -2.30. The molecule has 0 spiro atoms. The molecule has 0 unspecified atom stereocenters. The second-order valence-corrected chi connectivity index (χ2v) is 7.69. The predicted octanol–water partition coefficient (Wildman–Crippen LogP) is 2.76. The van der Waals surface area contributed by atoms with E-state index in [1.54, 1.807) is 17.1 Å². The van der Waals surface area contributed by atoms with E-state index in [-0.39, 0.29) is 11.6 Å². The molecule has 1 fully saturated rings. The van der Waals surface area contributed by atoms with Gasteiger partial charge in [0.15, 0.2) is 5.82 Å². The lowest BCUT2D eigenvalue weighted by molar-refractivity contribution is 0.300. The summed E-state index contributed by atoms with van der Waals surface area (Å²) in [5.74, 6) is 0.877. The molecule has 0 amide bonds. The van der Waals surface area contributed by atoms with Gasteiger partial charge in [0.25, 0.3) is 5.56 Å². The number of rotatable bonds is 3. The molecule has 7 nitrogen and oxygen atoms in total. The normalized spacial score (nSPS) is 22.5. The van der Waals surface area contributed by atoms with Crippen molar-refractivity contribution in [2.24, 2.45) is 0 Å². The van der Waals surface area contributed by atoms with E-state index in [1.165, 1.54) is 12.8 Å². The number of aromatic nitrogens is 5. The summed E-state index contributed by atoms with van der Waals surface area (Å²) in [7, 11) is 0. The van der Waals surface area contributed by atoms with Crippen molar-refractivity contribution < 1.29 is 0 Å². The fourth-order valence-electron chi connectivity index (χ4n) is 4.47. The van der Waals surface area contributed by atoms with E-state index in [0.29, 0.717) is 6.04 Å². The van der Waals surface area contributed by atoms with Crippen LogP contribution in [0.5, 0.6) is 0 Å². The van der Waals surface area contributed by atoms with E-state index in [2.05, 4.69) is 15.4 Å². The average Bonchev–Trinajstić information content (AvgIpc) is 3.18. The van der Waals surface area contributed by atoms with Crippen LogP contribution in [0.25, 0.3) is 5.52 Å². The molecular weight excluding hydrogens is 340 g/mol. The van der Waals surface area contributed by atoms with Crippen LogP contribution in [0.1, 0.15) is 55.8 Å². The predicted molar refractivity (Wildman–Crippen MR) is 103 cm³/mol. The summed E-state index contributed by atoms with van der Waals surface area (Å²) >= 11 is 0. The van der Waals surface area contributed by atoms with Crippen LogP contribution in [0.2, 0.25) is 0 Å². The third kappa shape index (κ3) is 3.11. The molecule has 0 aromatic carbocycles. The Labute approximate surface area is 157 Å². The molecule has 2 aliphatic carbocycles. The van der Waals surface area contributed by atoms with Crippen molar-refractivity contribution in [3.63, 3.8) is 0 Å². The highest BCUT2D eigenvalue weighted by Crippen LogP contribution is 2.30. The highest BCUT2D eigenvalue weighted by molar-refractivity contribution is 5.67. The number of aryl methyl sites for hydroxylation is 2. The van der Waals surface area contributed by atoms with E-state index >= 15 is 0 Å². The van der Waals surface area contributed by atoms with Crippen molar-refractivity contribution in [3.05, 3.63) is 52.3 Å². The van der Waals surface area contributed by atoms with Gasteiger partial charge in [-0.15, -0.1) is 0 Å². The summed E-state index contributed by atoms with van der Waals surface area (Å²) in [5, 5.41) is 12.6. The Hall–Kier alpha value is -2.70. The zero-order valence-corrected chi connectivity index (χ0v) is 15.3. The molecule has 3 heterocycles. The van der Waals surface area contributed by atoms with Crippen LogP contribution in [0.3, 0.4) is 0 Å². The molecule has 0 atom stereocenters.